The summed E-state index contributed by atoms with van der Waals surface area (Å²) in [6, 6.07) is 4.14. The summed E-state index contributed by atoms with van der Waals surface area (Å²) in [6.07, 6.45) is 3.60. The largest absolute Gasteiger partial charge is 0.338 e. The Kier molecular flexibility index (Phi) is 2.00. The summed E-state index contributed by atoms with van der Waals surface area (Å²) in [5, 5.41) is 0. The van der Waals surface area contributed by atoms with Crippen molar-refractivity contribution in [1.82, 2.24) is 9.88 Å². The first-order valence-corrected chi connectivity index (χ1v) is 4.48. The topological polar surface area (TPSA) is 33.2 Å². The van der Waals surface area contributed by atoms with Crippen molar-refractivity contribution in [2.45, 2.75) is 19.4 Å². The molecule has 68 valence electrons. The minimum atomic E-state index is 0.176. The Morgan fingerprint density at radius 3 is 3.31 bits per heavy atom. The smallest absolute Gasteiger partial charge is 0.210 e. The van der Waals surface area contributed by atoms with E-state index >= 15 is 0 Å². The predicted molar refractivity (Wildman–Crippen MR) is 49.1 cm³/mol. The molecule has 1 atom stereocenters. The zero-order valence-corrected chi connectivity index (χ0v) is 7.60. The molecule has 13 heavy (non-hydrogen) atoms. The van der Waals surface area contributed by atoms with E-state index in [1.54, 1.807) is 0 Å². The van der Waals surface area contributed by atoms with Crippen LogP contribution in [-0.2, 0) is 11.2 Å². The SMILES string of the molecule is CC1c2cccnc2CCN1C=O. The van der Waals surface area contributed by atoms with Crippen LogP contribution in [0.3, 0.4) is 0 Å². The highest BCUT2D eigenvalue weighted by Gasteiger charge is 2.22. The van der Waals surface area contributed by atoms with E-state index in [1.807, 2.05) is 30.2 Å². The van der Waals surface area contributed by atoms with Gasteiger partial charge in [-0.3, -0.25) is 9.78 Å². The van der Waals surface area contributed by atoms with Crippen LogP contribution >= 0.6 is 0 Å². The van der Waals surface area contributed by atoms with Crippen molar-refractivity contribution in [2.75, 3.05) is 6.54 Å². The van der Waals surface area contributed by atoms with E-state index in [-0.39, 0.29) is 6.04 Å². The molecule has 1 aromatic rings. The Hall–Kier alpha value is -1.38. The third kappa shape index (κ3) is 1.30. The molecule has 1 unspecified atom stereocenters. The van der Waals surface area contributed by atoms with Gasteiger partial charge in [-0.25, -0.2) is 0 Å². The molecule has 0 saturated heterocycles. The lowest BCUT2D eigenvalue weighted by Gasteiger charge is -2.31. The van der Waals surface area contributed by atoms with Gasteiger partial charge in [0, 0.05) is 24.9 Å². The van der Waals surface area contributed by atoms with E-state index in [0.717, 1.165) is 25.1 Å². The number of aromatic nitrogens is 1. The molecule has 3 heteroatoms. The number of hydrogen-bond donors (Lipinski definition) is 0. The van der Waals surface area contributed by atoms with Crippen molar-refractivity contribution >= 4 is 6.41 Å². The molecule has 0 N–H and O–H groups in total. The summed E-state index contributed by atoms with van der Waals surface area (Å²) in [4.78, 5) is 16.8. The van der Waals surface area contributed by atoms with Crippen LogP contribution < -0.4 is 0 Å². The van der Waals surface area contributed by atoms with Crippen molar-refractivity contribution in [2.24, 2.45) is 0 Å². The lowest BCUT2D eigenvalue weighted by atomic mass is 9.99. The Labute approximate surface area is 77.4 Å². The van der Waals surface area contributed by atoms with E-state index in [2.05, 4.69) is 4.98 Å². The van der Waals surface area contributed by atoms with Crippen molar-refractivity contribution < 1.29 is 4.79 Å². The Balaban J connectivity index is 2.38. The Bertz CT molecular complexity index is 324. The average Bonchev–Trinajstić information content (AvgIpc) is 2.19. The first kappa shape index (κ1) is 8.23. The maximum Gasteiger partial charge on any atom is 0.210 e. The second-order valence-electron chi connectivity index (χ2n) is 3.31. The molecule has 2 rings (SSSR count). The van der Waals surface area contributed by atoms with Crippen LogP contribution in [0.15, 0.2) is 18.3 Å². The fourth-order valence-electron chi connectivity index (χ4n) is 1.79. The van der Waals surface area contributed by atoms with E-state index in [0.29, 0.717) is 0 Å². The van der Waals surface area contributed by atoms with Gasteiger partial charge >= 0.3 is 0 Å². The lowest BCUT2D eigenvalue weighted by Crippen LogP contribution is -2.33. The molecule has 0 fully saturated rings. The highest BCUT2D eigenvalue weighted by molar-refractivity contribution is 5.50. The van der Waals surface area contributed by atoms with Gasteiger partial charge in [0.1, 0.15) is 0 Å². The van der Waals surface area contributed by atoms with Crippen LogP contribution in [0.1, 0.15) is 24.2 Å². The molecule has 1 aliphatic rings. The zero-order chi connectivity index (χ0) is 9.26. The van der Waals surface area contributed by atoms with Gasteiger partial charge in [0.25, 0.3) is 0 Å². The van der Waals surface area contributed by atoms with E-state index in [9.17, 15) is 4.79 Å². The van der Waals surface area contributed by atoms with Gasteiger partial charge in [-0.05, 0) is 18.6 Å². The van der Waals surface area contributed by atoms with Crippen LogP contribution in [0.5, 0.6) is 0 Å². The average molecular weight is 176 g/mol. The summed E-state index contributed by atoms with van der Waals surface area (Å²) in [6.45, 7) is 2.82. The van der Waals surface area contributed by atoms with Gasteiger partial charge in [-0.2, -0.15) is 0 Å². The molecule has 0 saturated carbocycles. The first-order valence-electron chi connectivity index (χ1n) is 4.48. The summed E-state index contributed by atoms with van der Waals surface area (Å²) >= 11 is 0. The van der Waals surface area contributed by atoms with Crippen LogP contribution in [0.4, 0.5) is 0 Å². The number of amides is 1. The minimum absolute atomic E-state index is 0.176. The summed E-state index contributed by atoms with van der Waals surface area (Å²) in [5.41, 5.74) is 2.31. The van der Waals surface area contributed by atoms with Crippen LogP contribution in [0, 0.1) is 0 Å². The molecule has 0 aliphatic carbocycles. The van der Waals surface area contributed by atoms with Crippen molar-refractivity contribution in [3.8, 4) is 0 Å². The number of carbonyl (C=O) groups is 1. The van der Waals surface area contributed by atoms with Crippen LogP contribution in [-0.4, -0.2) is 22.8 Å². The molecule has 2 heterocycles. The standard InChI is InChI=1S/C10H12N2O/c1-8-9-3-2-5-11-10(9)4-6-12(8)7-13/h2-3,5,7-8H,4,6H2,1H3. The summed E-state index contributed by atoms with van der Waals surface area (Å²) in [5.74, 6) is 0. The number of rotatable bonds is 1. The molecule has 0 aromatic carbocycles. The molecule has 1 aromatic heterocycles. The van der Waals surface area contributed by atoms with Gasteiger partial charge in [0.15, 0.2) is 0 Å². The fraction of sp³-hybridized carbons (Fsp3) is 0.400. The van der Waals surface area contributed by atoms with E-state index in [4.69, 9.17) is 0 Å². The Morgan fingerprint density at radius 1 is 1.69 bits per heavy atom. The number of carbonyl (C=O) groups excluding carboxylic acids is 1. The second-order valence-corrected chi connectivity index (χ2v) is 3.31. The van der Waals surface area contributed by atoms with E-state index in [1.165, 1.54) is 5.56 Å². The van der Waals surface area contributed by atoms with E-state index < -0.39 is 0 Å². The third-order valence-electron chi connectivity index (χ3n) is 2.62. The molecule has 0 bridgehead atoms. The van der Waals surface area contributed by atoms with Gasteiger partial charge in [0.05, 0.1) is 6.04 Å². The summed E-state index contributed by atoms with van der Waals surface area (Å²) in [7, 11) is 0. The number of fused-ring (bicyclic) bond motifs is 1. The zero-order valence-electron chi connectivity index (χ0n) is 7.60. The normalized spacial score (nSPS) is 21.0. The van der Waals surface area contributed by atoms with Gasteiger partial charge in [-0.15, -0.1) is 0 Å². The monoisotopic (exact) mass is 176 g/mol. The quantitative estimate of drug-likeness (QED) is 0.601. The lowest BCUT2D eigenvalue weighted by molar-refractivity contribution is -0.120. The van der Waals surface area contributed by atoms with Gasteiger partial charge < -0.3 is 4.90 Å². The third-order valence-corrected chi connectivity index (χ3v) is 2.62. The van der Waals surface area contributed by atoms with Crippen LogP contribution in [0.2, 0.25) is 0 Å². The molecule has 0 radical (unpaired) electrons. The maximum absolute atomic E-state index is 10.7. The molecule has 3 nitrogen and oxygen atoms in total. The number of pyridine rings is 1. The number of hydrogen-bond acceptors (Lipinski definition) is 2. The van der Waals surface area contributed by atoms with Crippen LogP contribution in [0.25, 0.3) is 0 Å². The maximum atomic E-state index is 10.7. The molecule has 0 spiro atoms. The Morgan fingerprint density at radius 2 is 2.54 bits per heavy atom. The predicted octanol–water partition coefficient (Wildman–Crippen LogP) is 1.16. The minimum Gasteiger partial charge on any atom is -0.338 e. The second kappa shape index (κ2) is 3.17. The number of nitrogens with zero attached hydrogens (tertiary/aromatic N) is 2. The molecule has 1 aliphatic heterocycles. The highest BCUT2D eigenvalue weighted by Crippen LogP contribution is 2.25. The molecular formula is C10H12N2O. The van der Waals surface area contributed by atoms with Gasteiger partial charge in [0.2, 0.25) is 6.41 Å². The fourth-order valence-corrected chi connectivity index (χ4v) is 1.79. The van der Waals surface area contributed by atoms with Crippen molar-refractivity contribution in [3.05, 3.63) is 29.6 Å². The van der Waals surface area contributed by atoms with Crippen molar-refractivity contribution in [1.29, 1.82) is 0 Å². The molecular weight excluding hydrogens is 164 g/mol. The van der Waals surface area contributed by atoms with Gasteiger partial charge in [-0.1, -0.05) is 6.07 Å². The first-order chi connectivity index (χ1) is 6.33. The highest BCUT2D eigenvalue weighted by atomic mass is 16.1. The van der Waals surface area contributed by atoms with Crippen molar-refractivity contribution in [3.63, 3.8) is 0 Å². The molecule has 1 amide bonds. The summed E-state index contributed by atoms with van der Waals surface area (Å²) < 4.78 is 0.